The van der Waals surface area contributed by atoms with Gasteiger partial charge in [0, 0.05) is 37.1 Å². The summed E-state index contributed by atoms with van der Waals surface area (Å²) < 4.78 is 4.94. The average Bonchev–Trinajstić information content (AvgIpc) is 3.05. The Morgan fingerprint density at radius 1 is 1.24 bits per heavy atom. The first-order valence-electron chi connectivity index (χ1n) is 8.07. The Morgan fingerprint density at radius 2 is 2.04 bits per heavy atom. The lowest BCUT2D eigenvalue weighted by Crippen LogP contribution is -2.31. The van der Waals surface area contributed by atoms with E-state index in [4.69, 9.17) is 9.84 Å². The molecule has 2 aromatic rings. The number of benzene rings is 2. The van der Waals surface area contributed by atoms with E-state index in [-0.39, 0.29) is 18.1 Å². The molecule has 0 spiro atoms. The number of ether oxygens (including phenoxy) is 1. The van der Waals surface area contributed by atoms with Gasteiger partial charge < -0.3 is 20.1 Å². The topological polar surface area (TPSA) is 78.9 Å². The zero-order valence-corrected chi connectivity index (χ0v) is 14.0. The summed E-state index contributed by atoms with van der Waals surface area (Å²) in [4.78, 5) is 24.9. The maximum atomic E-state index is 12.1. The molecule has 1 aliphatic heterocycles. The van der Waals surface area contributed by atoms with Gasteiger partial charge in [-0.05, 0) is 36.2 Å². The second kappa shape index (κ2) is 7.36. The minimum atomic E-state index is -0.935. The van der Waals surface area contributed by atoms with Gasteiger partial charge in [-0.25, -0.2) is 4.79 Å². The fourth-order valence-electron chi connectivity index (χ4n) is 3.07. The number of methoxy groups -OCH3 is 1. The summed E-state index contributed by atoms with van der Waals surface area (Å²) in [6.45, 7) is 1.23. The lowest BCUT2D eigenvalue weighted by Gasteiger charge is -2.17. The van der Waals surface area contributed by atoms with Crippen LogP contribution in [0.1, 0.15) is 21.5 Å². The lowest BCUT2D eigenvalue weighted by molar-refractivity contribution is -0.122. The number of fused-ring (bicyclic) bond motifs is 1. The maximum absolute atomic E-state index is 12.1. The second-order valence-electron chi connectivity index (χ2n) is 5.89. The number of hydrogen-bond donors (Lipinski definition) is 2. The molecule has 0 atom stereocenters. The molecule has 6 nitrogen and oxygen atoms in total. The summed E-state index contributed by atoms with van der Waals surface area (Å²) >= 11 is 0. The van der Waals surface area contributed by atoms with Gasteiger partial charge in [0.2, 0.25) is 0 Å². The van der Waals surface area contributed by atoms with Crippen molar-refractivity contribution in [3.05, 3.63) is 59.2 Å². The van der Waals surface area contributed by atoms with Crippen LogP contribution in [0.25, 0.3) is 0 Å². The molecule has 1 aliphatic rings. The van der Waals surface area contributed by atoms with Crippen molar-refractivity contribution in [3.8, 4) is 0 Å². The Hall–Kier alpha value is -2.86. The number of carboxylic acids is 1. The molecule has 130 valence electrons. The smallest absolute Gasteiger partial charge is 0.335 e. The van der Waals surface area contributed by atoms with Crippen LogP contribution in [-0.4, -0.2) is 37.2 Å². The van der Waals surface area contributed by atoms with Gasteiger partial charge in [0.1, 0.15) is 6.61 Å². The van der Waals surface area contributed by atoms with Crippen LogP contribution in [0.5, 0.6) is 0 Å². The van der Waals surface area contributed by atoms with Crippen molar-refractivity contribution in [1.29, 1.82) is 0 Å². The molecule has 2 aromatic carbocycles. The number of carbonyl (C=O) groups is 2. The minimum absolute atomic E-state index is 0.0486. The lowest BCUT2D eigenvalue weighted by atomic mass is 10.1. The summed E-state index contributed by atoms with van der Waals surface area (Å²) in [7, 11) is 1.51. The number of carbonyl (C=O) groups excluding carboxylic acids is 1. The fourth-order valence-corrected chi connectivity index (χ4v) is 3.07. The highest BCUT2D eigenvalue weighted by Gasteiger charge is 2.26. The molecule has 0 bridgehead atoms. The predicted molar refractivity (Wildman–Crippen MR) is 95.1 cm³/mol. The van der Waals surface area contributed by atoms with Crippen LogP contribution in [0.15, 0.2) is 42.5 Å². The fraction of sp³-hybridized carbons (Fsp3) is 0.263. The van der Waals surface area contributed by atoms with E-state index in [1.54, 1.807) is 23.1 Å². The van der Waals surface area contributed by atoms with E-state index in [2.05, 4.69) is 5.32 Å². The van der Waals surface area contributed by atoms with E-state index in [9.17, 15) is 9.59 Å². The van der Waals surface area contributed by atoms with Crippen LogP contribution in [0, 0.1) is 0 Å². The molecule has 0 aliphatic carbocycles. The van der Waals surface area contributed by atoms with Gasteiger partial charge in [0.15, 0.2) is 0 Å². The number of hydrogen-bond acceptors (Lipinski definition) is 4. The third-order valence-electron chi connectivity index (χ3n) is 4.25. The third-order valence-corrected chi connectivity index (χ3v) is 4.25. The molecule has 1 heterocycles. The molecular formula is C19H20N2O4. The first-order chi connectivity index (χ1) is 12.1. The van der Waals surface area contributed by atoms with Gasteiger partial charge in [-0.1, -0.05) is 18.2 Å². The summed E-state index contributed by atoms with van der Waals surface area (Å²) in [5.74, 6) is -0.984. The Morgan fingerprint density at radius 3 is 2.80 bits per heavy atom. The average molecular weight is 340 g/mol. The van der Waals surface area contributed by atoms with Crippen LogP contribution >= 0.6 is 0 Å². The van der Waals surface area contributed by atoms with Crippen LogP contribution in [0.3, 0.4) is 0 Å². The summed E-state index contributed by atoms with van der Waals surface area (Å²) in [6.07, 6.45) is 0.781. The van der Waals surface area contributed by atoms with Gasteiger partial charge >= 0.3 is 5.97 Å². The number of anilines is 2. The zero-order valence-electron chi connectivity index (χ0n) is 14.0. The van der Waals surface area contributed by atoms with Crippen LogP contribution < -0.4 is 10.2 Å². The first kappa shape index (κ1) is 17.0. The summed E-state index contributed by atoms with van der Waals surface area (Å²) in [5, 5.41) is 12.4. The summed E-state index contributed by atoms with van der Waals surface area (Å²) in [6, 6.07) is 12.7. The highest BCUT2D eigenvalue weighted by Crippen LogP contribution is 2.34. The van der Waals surface area contributed by atoms with Gasteiger partial charge in [-0.2, -0.15) is 0 Å². The number of amides is 1. The Bertz CT molecular complexity index is 804. The zero-order chi connectivity index (χ0) is 17.8. The molecule has 3 rings (SSSR count). The molecule has 6 heteroatoms. The standard InChI is InChI=1S/C19H20N2O4/c1-25-12-18(22)21-9-8-15-16(6-3-7-17(15)21)20-11-13-4-2-5-14(10-13)19(23)24/h2-7,10,20H,8-9,11-12H2,1H3,(H,23,24). The number of nitrogens with one attached hydrogen (secondary N) is 1. The molecule has 0 fully saturated rings. The highest BCUT2D eigenvalue weighted by atomic mass is 16.5. The number of carboxylic acid groups (broad SMARTS) is 1. The Balaban J connectivity index is 1.76. The van der Waals surface area contributed by atoms with Crippen LogP contribution in [0.4, 0.5) is 11.4 Å². The quantitative estimate of drug-likeness (QED) is 0.845. The largest absolute Gasteiger partial charge is 0.478 e. The molecular weight excluding hydrogens is 320 g/mol. The highest BCUT2D eigenvalue weighted by molar-refractivity contribution is 5.97. The normalized spacial score (nSPS) is 12.8. The van der Waals surface area contributed by atoms with E-state index < -0.39 is 5.97 Å². The number of rotatable bonds is 6. The predicted octanol–water partition coefficient (Wildman–Crippen LogP) is 2.53. The van der Waals surface area contributed by atoms with Crippen molar-refractivity contribution >= 4 is 23.3 Å². The molecule has 0 saturated heterocycles. The number of aromatic carboxylic acids is 1. The van der Waals surface area contributed by atoms with Crippen molar-refractivity contribution < 1.29 is 19.4 Å². The Kier molecular flexibility index (Phi) is 5.00. The Labute approximate surface area is 146 Å². The molecule has 0 aromatic heterocycles. The minimum Gasteiger partial charge on any atom is -0.478 e. The molecule has 0 saturated carbocycles. The summed E-state index contributed by atoms with van der Waals surface area (Å²) in [5.41, 5.74) is 4.13. The van der Waals surface area contributed by atoms with E-state index in [0.29, 0.717) is 13.1 Å². The van der Waals surface area contributed by atoms with Crippen molar-refractivity contribution in [2.24, 2.45) is 0 Å². The third kappa shape index (κ3) is 3.64. The molecule has 25 heavy (non-hydrogen) atoms. The van der Waals surface area contributed by atoms with E-state index in [1.807, 2.05) is 24.3 Å². The van der Waals surface area contributed by atoms with Crippen LogP contribution in [0.2, 0.25) is 0 Å². The van der Waals surface area contributed by atoms with Gasteiger partial charge in [-0.3, -0.25) is 4.79 Å². The first-order valence-corrected chi connectivity index (χ1v) is 8.07. The molecule has 1 amide bonds. The van der Waals surface area contributed by atoms with Gasteiger partial charge in [0.05, 0.1) is 5.56 Å². The van der Waals surface area contributed by atoms with E-state index >= 15 is 0 Å². The molecule has 2 N–H and O–H groups in total. The second-order valence-corrected chi connectivity index (χ2v) is 5.89. The van der Waals surface area contributed by atoms with Gasteiger partial charge in [-0.15, -0.1) is 0 Å². The van der Waals surface area contributed by atoms with Crippen molar-refractivity contribution in [1.82, 2.24) is 0 Å². The van der Waals surface area contributed by atoms with Crippen molar-refractivity contribution in [2.75, 3.05) is 30.5 Å². The van der Waals surface area contributed by atoms with Crippen molar-refractivity contribution in [2.45, 2.75) is 13.0 Å². The van der Waals surface area contributed by atoms with Gasteiger partial charge in [0.25, 0.3) is 5.91 Å². The van der Waals surface area contributed by atoms with Crippen molar-refractivity contribution in [3.63, 3.8) is 0 Å². The SMILES string of the molecule is COCC(=O)N1CCc2c(NCc3cccc(C(=O)O)c3)cccc21. The molecule has 0 unspecified atom stereocenters. The van der Waals surface area contributed by atoms with E-state index in [0.717, 1.165) is 28.9 Å². The van der Waals surface area contributed by atoms with Crippen LogP contribution in [-0.2, 0) is 22.5 Å². The molecule has 0 radical (unpaired) electrons. The monoisotopic (exact) mass is 340 g/mol. The van der Waals surface area contributed by atoms with E-state index in [1.165, 1.54) is 7.11 Å². The number of nitrogens with zero attached hydrogens (tertiary/aromatic N) is 1. The maximum Gasteiger partial charge on any atom is 0.335 e.